The number of nitrogens with one attached hydrogen (secondary N) is 2. The monoisotopic (exact) mass is 779 g/mol. The van der Waals surface area contributed by atoms with Crippen LogP contribution in [-0.2, 0) is 21.1 Å². The SMILES string of the molecule is CC1CC2C(C3CCC(C(C)(C)C)CN3)CCCC2C1[Si](C)(C)C1[CH-]CC2C(C3CCC(C(C)(C)C)CN3)CCCC21.[W]. The Morgan fingerprint density at radius 3 is 1.58 bits per heavy atom. The molecule has 2 heterocycles. The number of hydrogen-bond donors (Lipinski definition) is 2. The molecule has 0 aromatic heterocycles. The summed E-state index contributed by atoms with van der Waals surface area (Å²) in [5.41, 5.74) is 2.93. The Morgan fingerprint density at radius 2 is 1.09 bits per heavy atom. The minimum absolute atomic E-state index is 0. The molecule has 2 N–H and O–H groups in total. The predicted octanol–water partition coefficient (Wildman–Crippen LogP) is 9.97. The molecule has 0 aromatic rings. The molecule has 4 aliphatic carbocycles. The first-order chi connectivity index (χ1) is 19.8. The van der Waals surface area contributed by atoms with Crippen LogP contribution in [0.25, 0.3) is 0 Å². The van der Waals surface area contributed by atoms with Crippen molar-refractivity contribution in [2.24, 2.45) is 64.1 Å². The second kappa shape index (κ2) is 13.4. The Hall–Kier alpha value is 0.825. The van der Waals surface area contributed by atoms with Crippen molar-refractivity contribution in [3.63, 3.8) is 0 Å². The largest absolute Gasteiger partial charge is 0.327 e. The van der Waals surface area contributed by atoms with Gasteiger partial charge in [0.05, 0.1) is 0 Å². The molecule has 6 aliphatic rings. The van der Waals surface area contributed by atoms with E-state index in [1.54, 1.807) is 12.8 Å². The number of fused-ring (bicyclic) bond motifs is 2. The van der Waals surface area contributed by atoms with E-state index in [1.165, 1.54) is 77.3 Å². The summed E-state index contributed by atoms with van der Waals surface area (Å²) < 4.78 is 0. The van der Waals surface area contributed by atoms with Crippen molar-refractivity contribution < 1.29 is 21.1 Å². The van der Waals surface area contributed by atoms with E-state index in [1.807, 2.05) is 0 Å². The fourth-order valence-electron chi connectivity index (χ4n) is 13.1. The fraction of sp³-hybridized carbons (Fsp3) is 0.974. The summed E-state index contributed by atoms with van der Waals surface area (Å²) in [4.78, 5) is 0. The van der Waals surface area contributed by atoms with Crippen molar-refractivity contribution >= 4 is 8.07 Å². The van der Waals surface area contributed by atoms with Crippen LogP contribution in [0, 0.1) is 70.5 Å². The maximum Gasteiger partial charge on any atom is 0.0251 e. The summed E-state index contributed by atoms with van der Waals surface area (Å²) in [6.07, 6.45) is 20.8. The second-order valence-electron chi connectivity index (χ2n) is 19.7. The molecule has 0 radical (unpaired) electrons. The molecule has 13 unspecified atom stereocenters. The topological polar surface area (TPSA) is 24.1 Å². The first kappa shape index (κ1) is 35.1. The summed E-state index contributed by atoms with van der Waals surface area (Å²) in [6.45, 7) is 25.8. The number of hydrogen-bond acceptors (Lipinski definition) is 2. The van der Waals surface area contributed by atoms with Crippen molar-refractivity contribution in [3.8, 4) is 0 Å². The van der Waals surface area contributed by atoms with E-state index >= 15 is 0 Å². The Labute approximate surface area is 283 Å². The van der Waals surface area contributed by atoms with E-state index in [4.69, 9.17) is 0 Å². The molecule has 13 atom stereocenters. The van der Waals surface area contributed by atoms with Crippen molar-refractivity contribution in [3.05, 3.63) is 6.42 Å². The van der Waals surface area contributed by atoms with Gasteiger partial charge in [0.15, 0.2) is 0 Å². The van der Waals surface area contributed by atoms with E-state index in [2.05, 4.69) is 78.6 Å². The molecule has 2 saturated heterocycles. The minimum Gasteiger partial charge on any atom is -0.327 e. The van der Waals surface area contributed by atoms with Gasteiger partial charge < -0.3 is 17.1 Å². The van der Waals surface area contributed by atoms with Crippen LogP contribution in [0.15, 0.2) is 0 Å². The van der Waals surface area contributed by atoms with Crippen LogP contribution < -0.4 is 10.6 Å². The number of piperidine rings is 2. The summed E-state index contributed by atoms with van der Waals surface area (Å²) >= 11 is 0. The third kappa shape index (κ3) is 6.88. The van der Waals surface area contributed by atoms with Crippen LogP contribution >= 0.6 is 0 Å². The molecule has 6 rings (SSSR count). The van der Waals surface area contributed by atoms with E-state index < -0.39 is 8.07 Å². The molecular formula is C39H71N2SiW-. The van der Waals surface area contributed by atoms with Gasteiger partial charge in [-0.15, -0.1) is 0 Å². The molecule has 6 fully saturated rings. The van der Waals surface area contributed by atoms with Gasteiger partial charge in [0.25, 0.3) is 0 Å². The van der Waals surface area contributed by atoms with Crippen molar-refractivity contribution in [1.29, 1.82) is 0 Å². The summed E-state index contributed by atoms with van der Waals surface area (Å²) in [6, 6.07) is 1.60. The van der Waals surface area contributed by atoms with Crippen molar-refractivity contribution in [2.75, 3.05) is 13.1 Å². The molecule has 4 heteroatoms. The molecule has 0 amide bonds. The zero-order chi connectivity index (χ0) is 30.0. The van der Waals surface area contributed by atoms with E-state index in [0.29, 0.717) is 10.8 Å². The van der Waals surface area contributed by atoms with Crippen molar-refractivity contribution in [2.45, 2.75) is 162 Å². The average Bonchev–Trinajstić information content (AvgIpc) is 3.53. The molecule has 43 heavy (non-hydrogen) atoms. The second-order valence-corrected chi connectivity index (χ2v) is 24.7. The van der Waals surface area contributed by atoms with Gasteiger partial charge in [-0.3, -0.25) is 0 Å². The Balaban J connectivity index is 0.00000368. The quantitative estimate of drug-likeness (QED) is 0.220. The molecule has 0 spiro atoms. The molecule has 4 saturated carbocycles. The van der Waals surface area contributed by atoms with Crippen LogP contribution in [0.3, 0.4) is 0 Å². The third-order valence-corrected chi connectivity index (χ3v) is 20.4. The van der Waals surface area contributed by atoms with Crippen LogP contribution in [-0.4, -0.2) is 33.2 Å². The number of rotatable bonds is 4. The van der Waals surface area contributed by atoms with Gasteiger partial charge in [0.1, 0.15) is 0 Å². The first-order valence-electron chi connectivity index (χ1n) is 19.1. The van der Waals surface area contributed by atoms with Crippen molar-refractivity contribution in [1.82, 2.24) is 10.6 Å². The third-order valence-electron chi connectivity index (χ3n) is 15.3. The first-order valence-corrected chi connectivity index (χ1v) is 22.2. The van der Waals surface area contributed by atoms with Gasteiger partial charge in [-0.2, -0.15) is 12.0 Å². The van der Waals surface area contributed by atoms with Gasteiger partial charge in [-0.1, -0.05) is 99.1 Å². The van der Waals surface area contributed by atoms with Crippen LogP contribution in [0.5, 0.6) is 0 Å². The van der Waals surface area contributed by atoms with Crippen LogP contribution in [0.1, 0.15) is 126 Å². The molecule has 0 bridgehead atoms. The van der Waals surface area contributed by atoms with Gasteiger partial charge in [-0.05, 0) is 116 Å². The predicted molar refractivity (Wildman–Crippen MR) is 184 cm³/mol. The van der Waals surface area contributed by atoms with E-state index in [9.17, 15) is 0 Å². The molecule has 0 aromatic carbocycles. The van der Waals surface area contributed by atoms with Gasteiger partial charge in [-0.25, -0.2) is 0 Å². The molecular weight excluding hydrogens is 708 g/mol. The minimum atomic E-state index is -1.44. The zero-order valence-electron chi connectivity index (χ0n) is 29.9. The van der Waals surface area contributed by atoms with Gasteiger partial charge in [0, 0.05) is 41.2 Å². The van der Waals surface area contributed by atoms with Gasteiger partial charge >= 0.3 is 0 Å². The summed E-state index contributed by atoms with van der Waals surface area (Å²) in [5.74, 6) is 8.57. The van der Waals surface area contributed by atoms with Crippen LogP contribution in [0.4, 0.5) is 0 Å². The Bertz CT molecular complexity index is 905. The summed E-state index contributed by atoms with van der Waals surface area (Å²) in [7, 11) is -1.44. The average molecular weight is 780 g/mol. The molecule has 2 aliphatic heterocycles. The van der Waals surface area contributed by atoms with Crippen LogP contribution in [0.2, 0.25) is 24.2 Å². The maximum atomic E-state index is 4.16. The summed E-state index contributed by atoms with van der Waals surface area (Å²) in [5, 5.41) is 8.31. The standard InChI is InChI=1S/C39H71N2Si.W/c1-25-22-33-30(35-20-17-27(24-41-35)39(5,6)7)13-11-15-32(33)37(25)42(8,9)36-21-18-28-29(12-10-14-31(28)36)34-19-16-26(23-40-34)38(2,3)4;/h21,25-37,40-41H,10-20,22-24H2,1-9H3;/q-1;. The fourth-order valence-corrected chi connectivity index (χ4v) is 18.9. The van der Waals surface area contributed by atoms with Gasteiger partial charge in [0.2, 0.25) is 0 Å². The van der Waals surface area contributed by atoms with E-state index in [0.717, 1.165) is 76.4 Å². The Morgan fingerprint density at radius 1 is 0.605 bits per heavy atom. The zero-order valence-corrected chi connectivity index (χ0v) is 33.8. The normalized spacial score (nSPS) is 46.1. The smallest absolute Gasteiger partial charge is 0.0251 e. The molecule has 248 valence electrons. The Kier molecular flexibility index (Phi) is 10.9. The maximum absolute atomic E-state index is 4.16. The molecule has 2 nitrogen and oxygen atoms in total. The van der Waals surface area contributed by atoms with E-state index in [-0.39, 0.29) is 21.1 Å².